The lowest BCUT2D eigenvalue weighted by atomic mass is 10.1. The minimum absolute atomic E-state index is 0.127. The third-order valence-electron chi connectivity index (χ3n) is 4.13. The molecule has 1 unspecified atom stereocenters. The summed E-state index contributed by atoms with van der Waals surface area (Å²) in [6.45, 7) is 6.15. The molecule has 6 heteroatoms. The lowest BCUT2D eigenvalue weighted by Gasteiger charge is -2.10. The Hall–Kier alpha value is -2.21. The Balaban J connectivity index is 2.21. The van der Waals surface area contributed by atoms with Crippen molar-refractivity contribution in [2.45, 2.75) is 46.5 Å². The van der Waals surface area contributed by atoms with Gasteiger partial charge in [0.2, 0.25) is 11.8 Å². The van der Waals surface area contributed by atoms with Crippen LogP contribution < -0.4 is 10.6 Å². The first kappa shape index (κ1) is 21.8. The van der Waals surface area contributed by atoms with E-state index >= 15 is 0 Å². The van der Waals surface area contributed by atoms with Gasteiger partial charge >= 0.3 is 0 Å². The van der Waals surface area contributed by atoms with Crippen molar-refractivity contribution in [2.24, 2.45) is 5.92 Å². The van der Waals surface area contributed by atoms with Gasteiger partial charge in [0.25, 0.3) is 0 Å². The van der Waals surface area contributed by atoms with E-state index < -0.39 is 0 Å². The van der Waals surface area contributed by atoms with E-state index in [1.54, 1.807) is 19.1 Å². The fourth-order valence-corrected chi connectivity index (χ4v) is 2.22. The largest absolute Gasteiger partial charge is 0.362 e. The molecule has 0 fully saturated rings. The molecule has 1 atom stereocenters. The number of aryl methyl sites for hydroxylation is 1. The van der Waals surface area contributed by atoms with E-state index in [-0.39, 0.29) is 30.8 Å². The quantitative estimate of drug-likeness (QED) is 0.599. The molecule has 0 bridgehead atoms. The summed E-state index contributed by atoms with van der Waals surface area (Å²) in [5.41, 5.74) is 1.70. The minimum Gasteiger partial charge on any atom is -0.362 e. The second-order valence-electron chi connectivity index (χ2n) is 6.59. The van der Waals surface area contributed by atoms with E-state index in [2.05, 4.69) is 24.5 Å². The molecule has 0 saturated heterocycles. The van der Waals surface area contributed by atoms with E-state index in [4.69, 9.17) is 4.74 Å². The third-order valence-corrected chi connectivity index (χ3v) is 4.13. The molecule has 0 aromatic heterocycles. The van der Waals surface area contributed by atoms with Gasteiger partial charge in [-0.1, -0.05) is 32.4 Å². The van der Waals surface area contributed by atoms with Gasteiger partial charge in [0.05, 0.1) is 0 Å². The number of amides is 2. The first-order valence-electron chi connectivity index (χ1n) is 9.13. The van der Waals surface area contributed by atoms with Crippen molar-refractivity contribution in [2.75, 3.05) is 25.1 Å². The number of carbonyl (C=O) groups excluding carboxylic acids is 3. The molecule has 0 aliphatic carbocycles. The van der Waals surface area contributed by atoms with Crippen molar-refractivity contribution in [3.8, 4) is 0 Å². The molecule has 0 spiro atoms. The molecular formula is C20H30N2O4. The predicted molar refractivity (Wildman–Crippen MR) is 102 cm³/mol. The normalized spacial score (nSPS) is 11.7. The van der Waals surface area contributed by atoms with Crippen LogP contribution in [0.3, 0.4) is 0 Å². The standard InChI is InChI=1S/C20H30N2O4/c1-4-15(2)11-12-21-19(24)13-26-14-20(25)22-18-9-7-17(8-10-18)6-5-16(3)23/h7-10,15H,4-6,11-14H2,1-3H3,(H,21,24)(H,22,25). The van der Waals surface area contributed by atoms with Crippen molar-refractivity contribution in [1.29, 1.82) is 0 Å². The Labute approximate surface area is 155 Å². The molecule has 1 aromatic carbocycles. The molecule has 1 rings (SSSR count). The van der Waals surface area contributed by atoms with Crippen LogP contribution in [0.2, 0.25) is 0 Å². The monoisotopic (exact) mass is 362 g/mol. The molecule has 6 nitrogen and oxygen atoms in total. The van der Waals surface area contributed by atoms with Gasteiger partial charge in [-0.2, -0.15) is 0 Å². The summed E-state index contributed by atoms with van der Waals surface area (Å²) in [4.78, 5) is 34.4. The van der Waals surface area contributed by atoms with Crippen molar-refractivity contribution >= 4 is 23.3 Å². The van der Waals surface area contributed by atoms with Crippen LogP contribution in [0.1, 0.15) is 45.6 Å². The summed E-state index contributed by atoms with van der Waals surface area (Å²) < 4.78 is 5.14. The molecule has 144 valence electrons. The SMILES string of the molecule is CCC(C)CCNC(=O)COCC(=O)Nc1ccc(CCC(C)=O)cc1. The fraction of sp³-hybridized carbons (Fsp3) is 0.550. The van der Waals surface area contributed by atoms with Crippen LogP contribution >= 0.6 is 0 Å². The number of rotatable bonds is 12. The Morgan fingerprint density at radius 3 is 2.35 bits per heavy atom. The summed E-state index contributed by atoms with van der Waals surface area (Å²) in [5.74, 6) is 0.212. The highest BCUT2D eigenvalue weighted by Crippen LogP contribution is 2.11. The topological polar surface area (TPSA) is 84.5 Å². The van der Waals surface area contributed by atoms with Gasteiger partial charge < -0.3 is 20.2 Å². The van der Waals surface area contributed by atoms with Crippen LogP contribution in [0, 0.1) is 5.92 Å². The van der Waals surface area contributed by atoms with E-state index in [0.29, 0.717) is 31.0 Å². The van der Waals surface area contributed by atoms with Crippen molar-refractivity contribution in [3.05, 3.63) is 29.8 Å². The number of anilines is 1. The molecule has 2 amide bonds. The van der Waals surface area contributed by atoms with Gasteiger partial charge in [0.1, 0.15) is 19.0 Å². The number of ketones is 1. The zero-order chi connectivity index (χ0) is 19.4. The zero-order valence-corrected chi connectivity index (χ0v) is 16.0. The number of Topliss-reactive ketones (excluding diaryl/α,β-unsaturated/α-hetero) is 1. The predicted octanol–water partition coefficient (Wildman–Crippen LogP) is 2.72. The maximum absolute atomic E-state index is 11.8. The average molecular weight is 362 g/mol. The molecule has 2 N–H and O–H groups in total. The summed E-state index contributed by atoms with van der Waals surface area (Å²) in [7, 11) is 0. The lowest BCUT2D eigenvalue weighted by molar-refractivity contribution is -0.128. The molecule has 0 aliphatic rings. The van der Waals surface area contributed by atoms with Gasteiger partial charge in [-0.3, -0.25) is 9.59 Å². The molecule has 26 heavy (non-hydrogen) atoms. The highest BCUT2D eigenvalue weighted by molar-refractivity contribution is 5.91. The van der Waals surface area contributed by atoms with E-state index in [1.165, 1.54) is 0 Å². The van der Waals surface area contributed by atoms with E-state index in [0.717, 1.165) is 18.4 Å². The van der Waals surface area contributed by atoms with Crippen LogP contribution in [-0.2, 0) is 25.5 Å². The van der Waals surface area contributed by atoms with Crippen LogP contribution in [-0.4, -0.2) is 37.4 Å². The van der Waals surface area contributed by atoms with Crippen LogP contribution in [0.25, 0.3) is 0 Å². The number of hydrogen-bond acceptors (Lipinski definition) is 4. The van der Waals surface area contributed by atoms with Gasteiger partial charge in [0, 0.05) is 18.7 Å². The van der Waals surface area contributed by atoms with Crippen molar-refractivity contribution in [3.63, 3.8) is 0 Å². The van der Waals surface area contributed by atoms with Gasteiger partial charge in [0.15, 0.2) is 0 Å². The maximum atomic E-state index is 11.8. The first-order chi connectivity index (χ1) is 12.4. The Kier molecular flexibility index (Phi) is 10.2. The number of hydrogen-bond donors (Lipinski definition) is 2. The smallest absolute Gasteiger partial charge is 0.250 e. The maximum Gasteiger partial charge on any atom is 0.250 e. The van der Waals surface area contributed by atoms with Gasteiger partial charge in [-0.05, 0) is 43.4 Å². The Bertz CT molecular complexity index is 584. The van der Waals surface area contributed by atoms with Crippen LogP contribution in [0.15, 0.2) is 24.3 Å². The van der Waals surface area contributed by atoms with Crippen molar-refractivity contribution < 1.29 is 19.1 Å². The van der Waals surface area contributed by atoms with E-state index in [9.17, 15) is 14.4 Å². The highest BCUT2D eigenvalue weighted by atomic mass is 16.5. The van der Waals surface area contributed by atoms with E-state index in [1.807, 2.05) is 12.1 Å². The minimum atomic E-state index is -0.311. The van der Waals surface area contributed by atoms with Gasteiger partial charge in [-0.25, -0.2) is 0 Å². The van der Waals surface area contributed by atoms with Crippen molar-refractivity contribution in [1.82, 2.24) is 5.32 Å². The molecule has 0 aliphatic heterocycles. The first-order valence-corrected chi connectivity index (χ1v) is 9.13. The van der Waals surface area contributed by atoms with Gasteiger partial charge in [-0.15, -0.1) is 0 Å². The molecule has 0 radical (unpaired) electrons. The second-order valence-corrected chi connectivity index (χ2v) is 6.59. The van der Waals surface area contributed by atoms with Crippen LogP contribution in [0.4, 0.5) is 5.69 Å². The fourth-order valence-electron chi connectivity index (χ4n) is 2.22. The molecule has 0 saturated carbocycles. The average Bonchev–Trinajstić information content (AvgIpc) is 2.60. The highest BCUT2D eigenvalue weighted by Gasteiger charge is 2.07. The summed E-state index contributed by atoms with van der Waals surface area (Å²) >= 11 is 0. The number of carbonyl (C=O) groups is 3. The summed E-state index contributed by atoms with van der Waals surface area (Å²) in [6, 6.07) is 7.33. The lowest BCUT2D eigenvalue weighted by Crippen LogP contribution is -2.30. The van der Waals surface area contributed by atoms with Crippen LogP contribution in [0.5, 0.6) is 0 Å². The Morgan fingerprint density at radius 2 is 1.73 bits per heavy atom. The Morgan fingerprint density at radius 1 is 1.08 bits per heavy atom. The number of benzene rings is 1. The second kappa shape index (κ2) is 12.2. The zero-order valence-electron chi connectivity index (χ0n) is 16.0. The summed E-state index contributed by atoms with van der Waals surface area (Å²) in [5, 5.41) is 5.49. The third kappa shape index (κ3) is 9.93. The molecular weight excluding hydrogens is 332 g/mol. The summed E-state index contributed by atoms with van der Waals surface area (Å²) in [6.07, 6.45) is 3.23. The number of ether oxygens (including phenoxy) is 1. The molecule has 1 aromatic rings. The number of nitrogens with one attached hydrogen (secondary N) is 2. The molecule has 0 heterocycles.